The van der Waals surface area contributed by atoms with Crippen molar-refractivity contribution in [1.82, 2.24) is 0 Å². The molecular formula is C6H11NO. The van der Waals surface area contributed by atoms with Gasteiger partial charge in [0.05, 0.1) is 0 Å². The molecule has 1 amide bonds. The standard InChI is InChI=1S/C6H11NO/c1-4-5(2)6(8)7-3/h5H,3-4H2,1-2H3/t5-/m0/s1. The molecule has 0 bridgehead atoms. The summed E-state index contributed by atoms with van der Waals surface area (Å²) in [7, 11) is 0. The van der Waals surface area contributed by atoms with E-state index in [1.54, 1.807) is 0 Å². The summed E-state index contributed by atoms with van der Waals surface area (Å²) in [6, 6.07) is 0. The van der Waals surface area contributed by atoms with Crippen LogP contribution in [0.1, 0.15) is 20.3 Å². The van der Waals surface area contributed by atoms with E-state index < -0.39 is 0 Å². The summed E-state index contributed by atoms with van der Waals surface area (Å²) < 4.78 is 0. The first-order chi connectivity index (χ1) is 3.72. The van der Waals surface area contributed by atoms with Crippen LogP contribution in [-0.4, -0.2) is 12.6 Å². The molecule has 0 spiro atoms. The third-order valence-corrected chi connectivity index (χ3v) is 1.19. The van der Waals surface area contributed by atoms with E-state index in [9.17, 15) is 4.79 Å². The number of hydrogen-bond acceptors (Lipinski definition) is 1. The van der Waals surface area contributed by atoms with Crippen molar-refractivity contribution in [3.63, 3.8) is 0 Å². The molecule has 8 heavy (non-hydrogen) atoms. The van der Waals surface area contributed by atoms with Crippen molar-refractivity contribution in [2.45, 2.75) is 20.3 Å². The van der Waals surface area contributed by atoms with E-state index in [1.165, 1.54) is 0 Å². The molecule has 2 heteroatoms. The van der Waals surface area contributed by atoms with Gasteiger partial charge in [0.2, 0.25) is 5.91 Å². The van der Waals surface area contributed by atoms with Gasteiger partial charge in [-0.05, 0) is 13.1 Å². The summed E-state index contributed by atoms with van der Waals surface area (Å²) in [5, 5.41) is 0. The zero-order chi connectivity index (χ0) is 6.57. The van der Waals surface area contributed by atoms with E-state index in [0.717, 1.165) is 6.42 Å². The Kier molecular flexibility index (Phi) is 3.08. The van der Waals surface area contributed by atoms with Crippen LogP contribution in [0, 0.1) is 5.92 Å². The summed E-state index contributed by atoms with van der Waals surface area (Å²) in [6.45, 7) is 6.93. The zero-order valence-corrected chi connectivity index (χ0v) is 5.35. The lowest BCUT2D eigenvalue weighted by Gasteiger charge is -1.98. The number of aliphatic imine (C=N–C) groups is 1. The Morgan fingerprint density at radius 1 is 1.88 bits per heavy atom. The van der Waals surface area contributed by atoms with Gasteiger partial charge >= 0.3 is 0 Å². The first kappa shape index (κ1) is 7.34. The third-order valence-electron chi connectivity index (χ3n) is 1.19. The lowest BCUT2D eigenvalue weighted by Crippen LogP contribution is -2.04. The monoisotopic (exact) mass is 113 g/mol. The average Bonchev–Trinajstić information content (AvgIpc) is 1.84. The van der Waals surface area contributed by atoms with Crippen LogP contribution in [0.3, 0.4) is 0 Å². The van der Waals surface area contributed by atoms with Crippen molar-refractivity contribution in [1.29, 1.82) is 0 Å². The summed E-state index contributed by atoms with van der Waals surface area (Å²) in [5.41, 5.74) is 0. The second-order valence-corrected chi connectivity index (χ2v) is 1.81. The van der Waals surface area contributed by atoms with Crippen molar-refractivity contribution in [3.05, 3.63) is 0 Å². The minimum absolute atomic E-state index is 0.0486. The molecule has 0 aromatic carbocycles. The molecule has 0 aromatic heterocycles. The molecule has 0 unspecified atom stereocenters. The highest BCUT2D eigenvalue weighted by molar-refractivity contribution is 5.82. The Labute approximate surface area is 49.6 Å². The van der Waals surface area contributed by atoms with Gasteiger partial charge in [0, 0.05) is 5.92 Å². The van der Waals surface area contributed by atoms with Gasteiger partial charge in [0.1, 0.15) is 0 Å². The Morgan fingerprint density at radius 2 is 2.38 bits per heavy atom. The quantitative estimate of drug-likeness (QED) is 0.496. The Bertz CT molecular complexity index is 98.7. The molecule has 0 saturated heterocycles. The van der Waals surface area contributed by atoms with E-state index in [0.29, 0.717) is 0 Å². The Hall–Kier alpha value is -0.660. The van der Waals surface area contributed by atoms with Crippen LogP contribution in [-0.2, 0) is 4.79 Å². The number of nitrogens with zero attached hydrogens (tertiary/aromatic N) is 1. The van der Waals surface area contributed by atoms with Gasteiger partial charge in [-0.25, -0.2) is 4.99 Å². The number of carbonyl (C=O) groups is 1. The molecule has 1 atom stereocenters. The van der Waals surface area contributed by atoms with Crippen molar-refractivity contribution >= 4 is 12.6 Å². The van der Waals surface area contributed by atoms with E-state index in [2.05, 4.69) is 11.7 Å². The number of rotatable bonds is 2. The van der Waals surface area contributed by atoms with E-state index >= 15 is 0 Å². The second-order valence-electron chi connectivity index (χ2n) is 1.81. The predicted molar refractivity (Wildman–Crippen MR) is 34.0 cm³/mol. The van der Waals surface area contributed by atoms with E-state index in [1.807, 2.05) is 13.8 Å². The fourth-order valence-corrected chi connectivity index (χ4v) is 0.330. The van der Waals surface area contributed by atoms with Gasteiger partial charge in [-0.1, -0.05) is 13.8 Å². The van der Waals surface area contributed by atoms with Gasteiger partial charge in [-0.2, -0.15) is 0 Å². The van der Waals surface area contributed by atoms with Gasteiger partial charge in [0.25, 0.3) is 0 Å². The lowest BCUT2D eigenvalue weighted by atomic mass is 10.1. The second kappa shape index (κ2) is 3.36. The van der Waals surface area contributed by atoms with E-state index in [-0.39, 0.29) is 11.8 Å². The van der Waals surface area contributed by atoms with Crippen LogP contribution in [0.5, 0.6) is 0 Å². The largest absolute Gasteiger partial charge is 0.272 e. The fourth-order valence-electron chi connectivity index (χ4n) is 0.330. The maximum atomic E-state index is 10.5. The SMILES string of the molecule is C=NC(=O)[C@@H](C)CC. The van der Waals surface area contributed by atoms with Crippen LogP contribution in [0.2, 0.25) is 0 Å². The molecule has 0 N–H and O–H groups in total. The molecule has 0 aliphatic carbocycles. The average molecular weight is 113 g/mol. The van der Waals surface area contributed by atoms with E-state index in [4.69, 9.17) is 0 Å². The first-order valence-electron chi connectivity index (χ1n) is 2.73. The fraction of sp³-hybridized carbons (Fsp3) is 0.667. The van der Waals surface area contributed by atoms with Crippen LogP contribution >= 0.6 is 0 Å². The highest BCUT2D eigenvalue weighted by Crippen LogP contribution is 2.00. The maximum absolute atomic E-state index is 10.5. The minimum atomic E-state index is -0.104. The van der Waals surface area contributed by atoms with Crippen LogP contribution in [0.25, 0.3) is 0 Å². The first-order valence-corrected chi connectivity index (χ1v) is 2.73. The highest BCUT2D eigenvalue weighted by atomic mass is 16.1. The molecule has 0 fully saturated rings. The smallest absolute Gasteiger partial charge is 0.247 e. The van der Waals surface area contributed by atoms with Crippen LogP contribution in [0.4, 0.5) is 0 Å². The normalized spacial score (nSPS) is 12.8. The minimum Gasteiger partial charge on any atom is -0.272 e. The highest BCUT2D eigenvalue weighted by Gasteiger charge is 2.05. The van der Waals surface area contributed by atoms with Crippen molar-refractivity contribution in [3.8, 4) is 0 Å². The summed E-state index contributed by atoms with van der Waals surface area (Å²) in [5.74, 6) is -0.0556. The topological polar surface area (TPSA) is 29.4 Å². The number of hydrogen-bond donors (Lipinski definition) is 0. The third kappa shape index (κ3) is 1.87. The van der Waals surface area contributed by atoms with Crippen LogP contribution in [0.15, 0.2) is 4.99 Å². The predicted octanol–water partition coefficient (Wildman–Crippen LogP) is 1.26. The molecule has 0 heterocycles. The molecule has 0 saturated carbocycles. The van der Waals surface area contributed by atoms with Crippen LogP contribution < -0.4 is 0 Å². The van der Waals surface area contributed by atoms with Gasteiger partial charge < -0.3 is 0 Å². The lowest BCUT2D eigenvalue weighted by molar-refractivity contribution is -0.121. The Balaban J connectivity index is 3.62. The number of carbonyl (C=O) groups excluding carboxylic acids is 1. The molecule has 0 aromatic rings. The molecule has 0 aliphatic heterocycles. The number of amides is 1. The molecule has 0 radical (unpaired) electrons. The van der Waals surface area contributed by atoms with Gasteiger partial charge in [0.15, 0.2) is 0 Å². The Morgan fingerprint density at radius 3 is 2.50 bits per heavy atom. The molecule has 0 aliphatic rings. The zero-order valence-electron chi connectivity index (χ0n) is 5.35. The van der Waals surface area contributed by atoms with Crippen molar-refractivity contribution in [2.75, 3.05) is 0 Å². The molecule has 2 nitrogen and oxygen atoms in total. The molecular weight excluding hydrogens is 102 g/mol. The van der Waals surface area contributed by atoms with Crippen molar-refractivity contribution in [2.24, 2.45) is 10.9 Å². The van der Waals surface area contributed by atoms with Gasteiger partial charge in [-0.15, -0.1) is 0 Å². The molecule has 46 valence electrons. The summed E-state index contributed by atoms with van der Waals surface area (Å²) >= 11 is 0. The molecule has 0 rings (SSSR count). The summed E-state index contributed by atoms with van der Waals surface area (Å²) in [6.07, 6.45) is 0.845. The summed E-state index contributed by atoms with van der Waals surface area (Å²) in [4.78, 5) is 13.8. The van der Waals surface area contributed by atoms with Gasteiger partial charge in [-0.3, -0.25) is 4.79 Å². The maximum Gasteiger partial charge on any atom is 0.247 e. The van der Waals surface area contributed by atoms with Crippen molar-refractivity contribution < 1.29 is 4.79 Å².